The van der Waals surface area contributed by atoms with E-state index in [0.29, 0.717) is 5.56 Å². The molecule has 0 bridgehead atoms. The zero-order valence-corrected chi connectivity index (χ0v) is 11.7. The molecule has 1 atom stereocenters. The Hall–Kier alpha value is -2.46. The maximum Gasteiger partial charge on any atom is 0.345 e. The minimum absolute atomic E-state index is 0.288. The summed E-state index contributed by atoms with van der Waals surface area (Å²) in [5.74, 6) is -1.37. The summed E-state index contributed by atoms with van der Waals surface area (Å²) in [7, 11) is 0. The van der Waals surface area contributed by atoms with Gasteiger partial charge in [0.25, 0.3) is 0 Å². The van der Waals surface area contributed by atoms with Crippen LogP contribution in [0, 0.1) is 0 Å². The maximum absolute atomic E-state index is 11.8. The van der Waals surface area contributed by atoms with Gasteiger partial charge in [0, 0.05) is 0 Å². The van der Waals surface area contributed by atoms with Crippen LogP contribution in [0.4, 0.5) is 0 Å². The molecule has 1 unspecified atom stereocenters. The fourth-order valence-corrected chi connectivity index (χ4v) is 1.67. The van der Waals surface area contributed by atoms with E-state index in [2.05, 4.69) is 0 Å². The molecule has 0 aromatic heterocycles. The van der Waals surface area contributed by atoms with E-state index in [1.807, 2.05) is 30.3 Å². The SMILES string of the molecule is CC(OCc1ccccc1)C(=O)OC(=O)c1ccccc1. The van der Waals surface area contributed by atoms with Crippen molar-refractivity contribution in [3.63, 3.8) is 0 Å². The lowest BCUT2D eigenvalue weighted by atomic mass is 10.2. The summed E-state index contributed by atoms with van der Waals surface area (Å²) in [6.45, 7) is 1.85. The van der Waals surface area contributed by atoms with Crippen molar-refractivity contribution in [2.45, 2.75) is 19.6 Å². The summed E-state index contributed by atoms with van der Waals surface area (Å²) in [5.41, 5.74) is 1.28. The third kappa shape index (κ3) is 4.54. The van der Waals surface area contributed by atoms with E-state index < -0.39 is 18.0 Å². The molecule has 2 rings (SSSR count). The first-order valence-corrected chi connectivity index (χ1v) is 6.63. The quantitative estimate of drug-likeness (QED) is 0.625. The van der Waals surface area contributed by atoms with Crippen LogP contribution in [0.3, 0.4) is 0 Å². The second-order valence-electron chi connectivity index (χ2n) is 4.51. The average molecular weight is 284 g/mol. The highest BCUT2D eigenvalue weighted by Gasteiger charge is 2.19. The second-order valence-corrected chi connectivity index (χ2v) is 4.51. The van der Waals surface area contributed by atoms with Gasteiger partial charge < -0.3 is 9.47 Å². The molecule has 108 valence electrons. The molecule has 0 aliphatic carbocycles. The minimum Gasteiger partial charge on any atom is -0.387 e. The summed E-state index contributed by atoms with van der Waals surface area (Å²) in [4.78, 5) is 23.5. The molecule has 2 aromatic rings. The van der Waals surface area contributed by atoms with Gasteiger partial charge in [-0.1, -0.05) is 48.5 Å². The van der Waals surface area contributed by atoms with Gasteiger partial charge in [0.05, 0.1) is 12.2 Å². The molecular weight excluding hydrogens is 268 g/mol. The summed E-state index contributed by atoms with van der Waals surface area (Å²) < 4.78 is 10.2. The average Bonchev–Trinajstić information content (AvgIpc) is 2.54. The van der Waals surface area contributed by atoms with Crippen LogP contribution < -0.4 is 0 Å². The number of hydrogen-bond donors (Lipinski definition) is 0. The van der Waals surface area contributed by atoms with Gasteiger partial charge in [-0.2, -0.15) is 0 Å². The Morgan fingerprint density at radius 2 is 1.52 bits per heavy atom. The Balaban J connectivity index is 1.84. The molecule has 4 heteroatoms. The number of rotatable bonds is 5. The molecule has 0 heterocycles. The molecule has 21 heavy (non-hydrogen) atoms. The predicted molar refractivity (Wildman–Crippen MR) is 77.6 cm³/mol. The highest BCUT2D eigenvalue weighted by Crippen LogP contribution is 2.07. The van der Waals surface area contributed by atoms with Crippen LogP contribution in [-0.2, 0) is 20.9 Å². The fraction of sp³-hybridized carbons (Fsp3) is 0.176. The van der Waals surface area contributed by atoms with E-state index in [1.165, 1.54) is 0 Å². The zero-order valence-electron chi connectivity index (χ0n) is 11.7. The van der Waals surface area contributed by atoms with Crippen LogP contribution in [-0.4, -0.2) is 18.0 Å². The van der Waals surface area contributed by atoms with Gasteiger partial charge in [0.15, 0.2) is 6.10 Å². The van der Waals surface area contributed by atoms with Gasteiger partial charge in [-0.15, -0.1) is 0 Å². The van der Waals surface area contributed by atoms with E-state index >= 15 is 0 Å². The van der Waals surface area contributed by atoms with Gasteiger partial charge in [0.1, 0.15) is 0 Å². The lowest BCUT2D eigenvalue weighted by Gasteiger charge is -2.11. The number of ether oxygens (including phenoxy) is 2. The van der Waals surface area contributed by atoms with Crippen LogP contribution in [0.2, 0.25) is 0 Å². The van der Waals surface area contributed by atoms with Gasteiger partial charge in [-0.3, -0.25) is 0 Å². The van der Waals surface area contributed by atoms with Crippen molar-refractivity contribution in [1.29, 1.82) is 0 Å². The van der Waals surface area contributed by atoms with Gasteiger partial charge >= 0.3 is 11.9 Å². The Morgan fingerprint density at radius 1 is 0.952 bits per heavy atom. The number of hydrogen-bond acceptors (Lipinski definition) is 4. The molecule has 2 aromatic carbocycles. The van der Waals surface area contributed by atoms with E-state index in [4.69, 9.17) is 9.47 Å². The predicted octanol–water partition coefficient (Wildman–Crippen LogP) is 2.98. The van der Waals surface area contributed by atoms with E-state index in [0.717, 1.165) is 5.56 Å². The Kier molecular flexibility index (Phi) is 5.23. The monoisotopic (exact) mass is 284 g/mol. The van der Waals surface area contributed by atoms with Crippen LogP contribution in [0.1, 0.15) is 22.8 Å². The molecule has 0 saturated heterocycles. The molecule has 4 nitrogen and oxygen atoms in total. The minimum atomic E-state index is -0.808. The Morgan fingerprint density at radius 3 is 2.14 bits per heavy atom. The van der Waals surface area contributed by atoms with Crippen molar-refractivity contribution in [1.82, 2.24) is 0 Å². The van der Waals surface area contributed by atoms with Crippen molar-refractivity contribution in [3.05, 3.63) is 71.8 Å². The Bertz CT molecular complexity index is 593. The maximum atomic E-state index is 11.8. The molecule has 0 amide bonds. The van der Waals surface area contributed by atoms with Crippen molar-refractivity contribution >= 4 is 11.9 Å². The molecular formula is C17H16O4. The summed E-state index contributed by atoms with van der Waals surface area (Å²) in [6.07, 6.45) is -0.808. The van der Waals surface area contributed by atoms with Crippen molar-refractivity contribution in [2.24, 2.45) is 0 Å². The van der Waals surface area contributed by atoms with Crippen LogP contribution in [0.5, 0.6) is 0 Å². The molecule has 0 saturated carbocycles. The van der Waals surface area contributed by atoms with Gasteiger partial charge in [-0.05, 0) is 24.6 Å². The van der Waals surface area contributed by atoms with Gasteiger partial charge in [0.2, 0.25) is 0 Å². The third-order valence-electron chi connectivity index (χ3n) is 2.88. The summed E-state index contributed by atoms with van der Waals surface area (Å²) in [5, 5.41) is 0. The standard InChI is InChI=1S/C17H16O4/c1-13(20-12-14-8-4-2-5-9-14)16(18)21-17(19)15-10-6-3-7-11-15/h2-11,13H,12H2,1H3. The second kappa shape index (κ2) is 7.36. The topological polar surface area (TPSA) is 52.6 Å². The largest absolute Gasteiger partial charge is 0.387 e. The molecule has 0 radical (unpaired) electrons. The highest BCUT2D eigenvalue weighted by atomic mass is 16.6. The van der Waals surface area contributed by atoms with Crippen LogP contribution >= 0.6 is 0 Å². The summed E-state index contributed by atoms with van der Waals surface area (Å²) in [6, 6.07) is 17.8. The first-order chi connectivity index (χ1) is 10.2. The van der Waals surface area contributed by atoms with E-state index in [9.17, 15) is 9.59 Å². The van der Waals surface area contributed by atoms with E-state index in [-0.39, 0.29) is 6.61 Å². The zero-order chi connectivity index (χ0) is 15.1. The van der Waals surface area contributed by atoms with Crippen LogP contribution in [0.25, 0.3) is 0 Å². The van der Waals surface area contributed by atoms with E-state index in [1.54, 1.807) is 37.3 Å². The van der Waals surface area contributed by atoms with Gasteiger partial charge in [-0.25, -0.2) is 9.59 Å². The molecule has 0 aliphatic heterocycles. The van der Waals surface area contributed by atoms with Crippen molar-refractivity contribution in [2.75, 3.05) is 0 Å². The normalized spacial score (nSPS) is 11.7. The molecule has 0 N–H and O–H groups in total. The molecule has 0 fully saturated rings. The number of carbonyl (C=O) groups is 2. The third-order valence-corrected chi connectivity index (χ3v) is 2.88. The van der Waals surface area contributed by atoms with Crippen LogP contribution in [0.15, 0.2) is 60.7 Å². The smallest absolute Gasteiger partial charge is 0.345 e. The molecule has 0 spiro atoms. The number of benzene rings is 2. The lowest BCUT2D eigenvalue weighted by Crippen LogP contribution is -2.26. The fourth-order valence-electron chi connectivity index (χ4n) is 1.67. The lowest BCUT2D eigenvalue weighted by molar-refractivity contribution is -0.150. The van der Waals surface area contributed by atoms with Crippen molar-refractivity contribution < 1.29 is 19.1 Å². The first-order valence-electron chi connectivity index (χ1n) is 6.63. The number of esters is 2. The first kappa shape index (κ1) is 14.9. The summed E-state index contributed by atoms with van der Waals surface area (Å²) >= 11 is 0. The van der Waals surface area contributed by atoms with Crippen molar-refractivity contribution in [3.8, 4) is 0 Å². The molecule has 0 aliphatic rings. The number of carbonyl (C=O) groups excluding carboxylic acids is 2. The highest BCUT2D eigenvalue weighted by molar-refractivity contribution is 5.97. The Labute approximate surface area is 123 Å².